The summed E-state index contributed by atoms with van der Waals surface area (Å²) in [6, 6.07) is 0. The molecule has 0 fully saturated rings. The molecule has 3 nitrogen and oxygen atoms in total. The average Bonchev–Trinajstić information content (AvgIpc) is 2.33. The molecule has 2 atom stereocenters. The van der Waals surface area contributed by atoms with Crippen LogP contribution in [0, 0.1) is 11.3 Å². The fourth-order valence-corrected chi connectivity index (χ4v) is 1.22. The first-order chi connectivity index (χ1) is 7.97. The minimum Gasteiger partial charge on any atom is -0.462 e. The van der Waals surface area contributed by atoms with Crippen molar-refractivity contribution in [3.63, 3.8) is 0 Å². The minimum absolute atomic E-state index is 0.116. The van der Waals surface area contributed by atoms with Gasteiger partial charge in [0.1, 0.15) is 0 Å². The summed E-state index contributed by atoms with van der Waals surface area (Å²) in [7, 11) is 0. The van der Waals surface area contributed by atoms with Crippen LogP contribution in [0.1, 0.15) is 33.6 Å². The van der Waals surface area contributed by atoms with E-state index in [1.807, 2.05) is 20.8 Å². The van der Waals surface area contributed by atoms with Gasteiger partial charge in [0.2, 0.25) is 0 Å². The van der Waals surface area contributed by atoms with Gasteiger partial charge in [-0.3, -0.25) is 0 Å². The van der Waals surface area contributed by atoms with E-state index in [1.165, 1.54) is 6.08 Å². The molecule has 98 valence electrons. The van der Waals surface area contributed by atoms with E-state index >= 15 is 0 Å². The molecule has 0 aromatic carbocycles. The maximum Gasteiger partial charge on any atom is 0.330 e. The van der Waals surface area contributed by atoms with Gasteiger partial charge in [-0.2, -0.15) is 0 Å². The van der Waals surface area contributed by atoms with Crippen molar-refractivity contribution >= 4 is 5.97 Å². The third kappa shape index (κ3) is 6.95. The molecule has 0 aliphatic heterocycles. The van der Waals surface area contributed by atoms with Gasteiger partial charge in [0, 0.05) is 18.1 Å². The summed E-state index contributed by atoms with van der Waals surface area (Å²) in [4.78, 5) is 11.4. The molecule has 1 N–H and O–H groups in total. The molecule has 0 aliphatic carbocycles. The van der Waals surface area contributed by atoms with Gasteiger partial charge in [-0.25, -0.2) is 4.79 Å². The Balaban J connectivity index is 4.13. The average molecular weight is 240 g/mol. The second kappa shape index (κ2) is 8.07. The summed E-state index contributed by atoms with van der Waals surface area (Å²) in [6.45, 7) is 10.1. The molecular weight excluding hydrogens is 216 g/mol. The Morgan fingerprint density at radius 3 is 2.71 bits per heavy atom. The lowest BCUT2D eigenvalue weighted by atomic mass is 9.85. The van der Waals surface area contributed by atoms with Crippen LogP contribution in [-0.2, 0) is 9.53 Å². The molecule has 0 aliphatic rings. The van der Waals surface area contributed by atoms with Crippen molar-refractivity contribution in [3.8, 4) is 0 Å². The first kappa shape index (κ1) is 15.9. The lowest BCUT2D eigenvalue weighted by Crippen LogP contribution is -2.25. The second-order valence-corrected chi connectivity index (χ2v) is 4.70. The fraction of sp³-hybridized carbons (Fsp3) is 0.643. The zero-order valence-electron chi connectivity index (χ0n) is 11.1. The molecule has 3 heteroatoms. The lowest BCUT2D eigenvalue weighted by molar-refractivity contribution is -0.141. The Kier molecular flexibility index (Phi) is 7.55. The van der Waals surface area contributed by atoms with E-state index in [-0.39, 0.29) is 23.9 Å². The molecule has 2 unspecified atom stereocenters. The highest BCUT2D eigenvalue weighted by Crippen LogP contribution is 2.25. The summed E-state index contributed by atoms with van der Waals surface area (Å²) >= 11 is 0. The molecule has 0 saturated heterocycles. The number of carbonyl (C=O) groups is 1. The molecule has 0 heterocycles. The Labute approximate surface area is 104 Å². The zero-order chi connectivity index (χ0) is 13.3. The molecule has 0 aromatic rings. The van der Waals surface area contributed by atoms with Crippen LogP contribution in [-0.4, -0.2) is 24.3 Å². The Bertz CT molecular complexity index is 271. The fourth-order valence-electron chi connectivity index (χ4n) is 1.22. The normalized spacial score (nSPS) is 16.5. The molecule has 0 saturated carbocycles. The summed E-state index contributed by atoms with van der Waals surface area (Å²) < 4.78 is 5.17. The largest absolute Gasteiger partial charge is 0.462 e. The maximum absolute atomic E-state index is 11.4. The van der Waals surface area contributed by atoms with Gasteiger partial charge in [0.15, 0.2) is 0 Å². The van der Waals surface area contributed by atoms with Crippen LogP contribution < -0.4 is 0 Å². The molecule has 0 spiro atoms. The molecule has 0 rings (SSSR count). The Hall–Kier alpha value is -1.09. The van der Waals surface area contributed by atoms with Crippen LogP contribution in [0.5, 0.6) is 0 Å². The quantitative estimate of drug-likeness (QED) is 0.403. The monoisotopic (exact) mass is 240 g/mol. The Morgan fingerprint density at radius 1 is 1.59 bits per heavy atom. The predicted octanol–water partition coefficient (Wildman–Crippen LogP) is 2.71. The zero-order valence-corrected chi connectivity index (χ0v) is 11.1. The number of esters is 1. The number of carbonyl (C=O) groups excluding carboxylic acids is 1. The standard InChI is InChI=1S/C14H24O3/c1-5-12(3)7-8-13(16)17-11-14(4,6-2)9-10-15/h5,7-8,12,15H,1,6,9-11H2,2-4H3. The third-order valence-corrected chi connectivity index (χ3v) is 3.04. The molecule has 0 aromatic heterocycles. The van der Waals surface area contributed by atoms with Crippen molar-refractivity contribution in [2.24, 2.45) is 11.3 Å². The smallest absolute Gasteiger partial charge is 0.330 e. The van der Waals surface area contributed by atoms with Crippen molar-refractivity contribution < 1.29 is 14.6 Å². The van der Waals surface area contributed by atoms with Crippen LogP contribution in [0.15, 0.2) is 24.8 Å². The van der Waals surface area contributed by atoms with Gasteiger partial charge in [-0.05, 0) is 18.8 Å². The molecule has 0 amide bonds. The van der Waals surface area contributed by atoms with Crippen molar-refractivity contribution in [1.82, 2.24) is 0 Å². The lowest BCUT2D eigenvalue weighted by Gasteiger charge is -2.26. The topological polar surface area (TPSA) is 46.5 Å². The van der Waals surface area contributed by atoms with E-state index in [1.54, 1.807) is 12.2 Å². The van der Waals surface area contributed by atoms with E-state index in [0.29, 0.717) is 13.0 Å². The van der Waals surface area contributed by atoms with Gasteiger partial charge >= 0.3 is 5.97 Å². The third-order valence-electron chi connectivity index (χ3n) is 3.04. The van der Waals surface area contributed by atoms with Gasteiger partial charge in [-0.15, -0.1) is 6.58 Å². The van der Waals surface area contributed by atoms with E-state index in [4.69, 9.17) is 9.84 Å². The van der Waals surface area contributed by atoms with E-state index in [0.717, 1.165) is 6.42 Å². The second-order valence-electron chi connectivity index (χ2n) is 4.70. The first-order valence-corrected chi connectivity index (χ1v) is 6.06. The molecule has 0 bridgehead atoms. The van der Waals surface area contributed by atoms with Crippen LogP contribution in [0.3, 0.4) is 0 Å². The highest BCUT2D eigenvalue weighted by Gasteiger charge is 2.23. The Morgan fingerprint density at radius 2 is 2.24 bits per heavy atom. The van der Waals surface area contributed by atoms with Crippen LogP contribution in [0.2, 0.25) is 0 Å². The highest BCUT2D eigenvalue weighted by atomic mass is 16.5. The van der Waals surface area contributed by atoms with Gasteiger partial charge in [0.25, 0.3) is 0 Å². The van der Waals surface area contributed by atoms with Crippen molar-refractivity contribution in [2.45, 2.75) is 33.6 Å². The van der Waals surface area contributed by atoms with Crippen molar-refractivity contribution in [3.05, 3.63) is 24.8 Å². The van der Waals surface area contributed by atoms with Crippen LogP contribution >= 0.6 is 0 Å². The number of aliphatic hydroxyl groups is 1. The number of ether oxygens (including phenoxy) is 1. The molecule has 17 heavy (non-hydrogen) atoms. The van der Waals surface area contributed by atoms with Gasteiger partial charge in [0.05, 0.1) is 6.61 Å². The van der Waals surface area contributed by atoms with E-state index < -0.39 is 0 Å². The summed E-state index contributed by atoms with van der Waals surface area (Å²) in [5, 5.41) is 8.94. The highest BCUT2D eigenvalue weighted by molar-refractivity contribution is 5.81. The number of rotatable bonds is 8. The first-order valence-electron chi connectivity index (χ1n) is 6.06. The maximum atomic E-state index is 11.4. The van der Waals surface area contributed by atoms with Gasteiger partial charge in [-0.1, -0.05) is 32.9 Å². The van der Waals surface area contributed by atoms with Gasteiger partial charge < -0.3 is 9.84 Å². The van der Waals surface area contributed by atoms with Crippen LogP contribution in [0.25, 0.3) is 0 Å². The summed E-state index contributed by atoms with van der Waals surface area (Å²) in [5.74, 6) is -0.172. The summed E-state index contributed by atoms with van der Waals surface area (Å²) in [5.41, 5.74) is -0.137. The predicted molar refractivity (Wildman–Crippen MR) is 69.6 cm³/mol. The number of hydrogen-bond acceptors (Lipinski definition) is 3. The number of aliphatic hydroxyl groups excluding tert-OH is 1. The molecule has 0 radical (unpaired) electrons. The number of hydrogen-bond donors (Lipinski definition) is 1. The SMILES string of the molecule is C=CC(C)C=CC(=O)OCC(C)(CC)CCO. The number of allylic oxidation sites excluding steroid dienone is 2. The van der Waals surface area contributed by atoms with Crippen molar-refractivity contribution in [2.75, 3.05) is 13.2 Å². The van der Waals surface area contributed by atoms with E-state index in [2.05, 4.69) is 6.58 Å². The van der Waals surface area contributed by atoms with Crippen molar-refractivity contribution in [1.29, 1.82) is 0 Å². The summed E-state index contributed by atoms with van der Waals surface area (Å²) in [6.07, 6.45) is 6.45. The van der Waals surface area contributed by atoms with Crippen LogP contribution in [0.4, 0.5) is 0 Å². The minimum atomic E-state index is -0.337. The molecular formula is C14H24O3. The van der Waals surface area contributed by atoms with E-state index in [9.17, 15) is 4.79 Å².